The Morgan fingerprint density at radius 1 is 1.09 bits per heavy atom. The first-order valence-electron chi connectivity index (χ1n) is 8.80. The van der Waals surface area contributed by atoms with Gasteiger partial charge in [-0.15, -0.1) is 0 Å². The molecule has 0 saturated carbocycles. The monoisotopic (exact) mass is 299 g/mol. The van der Waals surface area contributed by atoms with E-state index in [1.165, 1.54) is 45.9 Å². The minimum Gasteiger partial charge on any atom is -0.0654 e. The predicted molar refractivity (Wildman–Crippen MR) is 98.1 cm³/mol. The molecule has 0 aliphatic heterocycles. The van der Waals surface area contributed by atoms with Crippen molar-refractivity contribution in [3.63, 3.8) is 0 Å². The van der Waals surface area contributed by atoms with Crippen molar-refractivity contribution in [2.75, 3.05) is 0 Å². The Bertz CT molecular complexity index is 838. The minimum atomic E-state index is 0.500. The molecule has 0 bridgehead atoms. The highest BCUT2D eigenvalue weighted by molar-refractivity contribution is 5.92. The van der Waals surface area contributed by atoms with Crippen LogP contribution in [0.1, 0.15) is 60.8 Å². The topological polar surface area (TPSA) is 0 Å². The van der Waals surface area contributed by atoms with Crippen molar-refractivity contribution in [2.45, 2.75) is 44.9 Å². The van der Waals surface area contributed by atoms with Gasteiger partial charge in [0.1, 0.15) is 0 Å². The van der Waals surface area contributed by atoms with Crippen LogP contribution in [0.3, 0.4) is 0 Å². The van der Waals surface area contributed by atoms with E-state index in [-0.39, 0.29) is 0 Å². The summed E-state index contributed by atoms with van der Waals surface area (Å²) in [6.07, 6.45) is 3.61. The second kappa shape index (κ2) is 5.85. The summed E-state index contributed by atoms with van der Waals surface area (Å²) >= 11 is 0. The van der Waals surface area contributed by atoms with E-state index in [2.05, 4.69) is 74.5 Å². The molecule has 0 amide bonds. The molecule has 115 valence electrons. The highest BCUT2D eigenvalue weighted by Gasteiger charge is 2.27. The second-order valence-electron chi connectivity index (χ2n) is 6.86. The average molecular weight is 299 g/mol. The Hall–Kier alpha value is -2.08. The summed E-state index contributed by atoms with van der Waals surface area (Å²) in [5, 5.41) is 2.87. The quantitative estimate of drug-likeness (QED) is 0.535. The number of rotatable bonds is 4. The zero-order valence-corrected chi connectivity index (χ0v) is 14.0. The Labute approximate surface area is 139 Å². The Balaban J connectivity index is 1.84. The van der Waals surface area contributed by atoms with Crippen LogP contribution in [0.2, 0.25) is 0 Å². The second-order valence-corrected chi connectivity index (χ2v) is 6.86. The molecule has 0 N–H and O–H groups in total. The van der Waals surface area contributed by atoms with Crippen LogP contribution in [0, 0.1) is 6.07 Å². The smallest absolute Gasteiger partial charge is 0.0139 e. The van der Waals surface area contributed by atoms with Crippen LogP contribution in [0.4, 0.5) is 0 Å². The minimum absolute atomic E-state index is 0.500. The van der Waals surface area contributed by atoms with E-state index in [1.54, 1.807) is 0 Å². The zero-order valence-electron chi connectivity index (χ0n) is 14.0. The molecule has 0 heteroatoms. The van der Waals surface area contributed by atoms with Gasteiger partial charge < -0.3 is 0 Å². The fraction of sp³-hybridized carbons (Fsp3) is 0.304. The first-order chi connectivity index (χ1) is 11.3. The van der Waals surface area contributed by atoms with Gasteiger partial charge in [0, 0.05) is 5.92 Å². The van der Waals surface area contributed by atoms with Gasteiger partial charge in [0.15, 0.2) is 0 Å². The molecule has 23 heavy (non-hydrogen) atoms. The van der Waals surface area contributed by atoms with Crippen molar-refractivity contribution in [1.29, 1.82) is 0 Å². The maximum absolute atomic E-state index is 3.31. The van der Waals surface area contributed by atoms with Crippen molar-refractivity contribution in [1.82, 2.24) is 0 Å². The summed E-state index contributed by atoms with van der Waals surface area (Å²) in [6, 6.07) is 23.4. The SMILES string of the molecule is CCCC(C)c1c[c]ccc1C1Cc2cccc3cccc1c23. The van der Waals surface area contributed by atoms with E-state index in [0.29, 0.717) is 11.8 Å². The molecule has 3 aromatic carbocycles. The summed E-state index contributed by atoms with van der Waals surface area (Å²) in [5.74, 6) is 1.11. The van der Waals surface area contributed by atoms with Crippen molar-refractivity contribution in [3.8, 4) is 0 Å². The maximum Gasteiger partial charge on any atom is 0.0139 e. The van der Waals surface area contributed by atoms with Crippen LogP contribution in [0.15, 0.2) is 54.6 Å². The fourth-order valence-corrected chi connectivity index (χ4v) is 4.31. The van der Waals surface area contributed by atoms with E-state index >= 15 is 0 Å². The molecular weight excluding hydrogens is 276 g/mol. The molecule has 2 unspecified atom stereocenters. The van der Waals surface area contributed by atoms with Gasteiger partial charge in [-0.05, 0) is 57.9 Å². The van der Waals surface area contributed by atoms with E-state index < -0.39 is 0 Å². The van der Waals surface area contributed by atoms with Gasteiger partial charge in [0.25, 0.3) is 0 Å². The van der Waals surface area contributed by atoms with Crippen molar-refractivity contribution in [3.05, 3.63) is 82.9 Å². The van der Waals surface area contributed by atoms with Gasteiger partial charge in [0.05, 0.1) is 0 Å². The van der Waals surface area contributed by atoms with E-state index in [9.17, 15) is 0 Å². The van der Waals surface area contributed by atoms with Gasteiger partial charge >= 0.3 is 0 Å². The highest BCUT2D eigenvalue weighted by Crippen LogP contribution is 2.44. The van der Waals surface area contributed by atoms with Crippen molar-refractivity contribution < 1.29 is 0 Å². The summed E-state index contributed by atoms with van der Waals surface area (Å²) in [6.45, 7) is 4.63. The first-order valence-corrected chi connectivity index (χ1v) is 8.80. The molecule has 0 aromatic heterocycles. The van der Waals surface area contributed by atoms with Crippen molar-refractivity contribution in [2.24, 2.45) is 0 Å². The molecule has 0 fully saturated rings. The largest absolute Gasteiger partial charge is 0.0654 e. The van der Waals surface area contributed by atoms with Gasteiger partial charge in [0.2, 0.25) is 0 Å². The van der Waals surface area contributed by atoms with Crippen LogP contribution in [-0.2, 0) is 6.42 Å². The molecule has 1 radical (unpaired) electrons. The molecular formula is C23H23. The summed E-state index contributed by atoms with van der Waals surface area (Å²) < 4.78 is 0. The molecule has 2 atom stereocenters. The molecule has 3 aromatic rings. The third-order valence-electron chi connectivity index (χ3n) is 5.38. The molecule has 4 rings (SSSR count). The van der Waals surface area contributed by atoms with E-state index in [1.807, 2.05) is 0 Å². The van der Waals surface area contributed by atoms with Crippen LogP contribution >= 0.6 is 0 Å². The molecule has 0 spiro atoms. The maximum atomic E-state index is 3.31. The summed E-state index contributed by atoms with van der Waals surface area (Å²) in [7, 11) is 0. The Morgan fingerprint density at radius 2 is 1.91 bits per heavy atom. The predicted octanol–water partition coefficient (Wildman–Crippen LogP) is 6.23. The average Bonchev–Trinajstić information content (AvgIpc) is 2.96. The normalized spacial score (nSPS) is 17.6. The molecule has 1 aliphatic carbocycles. The van der Waals surface area contributed by atoms with Gasteiger partial charge in [-0.1, -0.05) is 74.9 Å². The van der Waals surface area contributed by atoms with E-state index in [4.69, 9.17) is 0 Å². The fourth-order valence-electron chi connectivity index (χ4n) is 4.31. The summed E-state index contributed by atoms with van der Waals surface area (Å²) in [5.41, 5.74) is 6.01. The number of hydrogen-bond donors (Lipinski definition) is 0. The van der Waals surface area contributed by atoms with Crippen LogP contribution in [0.5, 0.6) is 0 Å². The van der Waals surface area contributed by atoms with Crippen molar-refractivity contribution >= 4 is 10.8 Å². The van der Waals surface area contributed by atoms with E-state index in [0.717, 1.165) is 6.42 Å². The Kier molecular flexibility index (Phi) is 3.69. The number of benzene rings is 3. The molecule has 1 aliphatic rings. The Morgan fingerprint density at radius 3 is 2.74 bits per heavy atom. The zero-order chi connectivity index (χ0) is 15.8. The molecule has 0 nitrogen and oxygen atoms in total. The summed E-state index contributed by atoms with van der Waals surface area (Å²) in [4.78, 5) is 0. The standard InChI is InChI=1S/C23H23/c1-3-8-16(2)19-12-4-5-13-20(19)22-15-18-11-6-9-17-10-7-14-21(22)23(17)18/h5-7,9-14,16,22H,3,8,15H2,1-2H3. The van der Waals surface area contributed by atoms with Gasteiger partial charge in [-0.3, -0.25) is 0 Å². The lowest BCUT2D eigenvalue weighted by molar-refractivity contribution is 0.651. The lowest BCUT2D eigenvalue weighted by atomic mass is 9.83. The third kappa shape index (κ3) is 2.37. The lowest BCUT2D eigenvalue weighted by Gasteiger charge is -2.21. The van der Waals surface area contributed by atoms with Crippen LogP contribution in [-0.4, -0.2) is 0 Å². The third-order valence-corrected chi connectivity index (χ3v) is 5.38. The lowest BCUT2D eigenvalue weighted by Crippen LogP contribution is -2.06. The first kappa shape index (κ1) is 14.5. The van der Waals surface area contributed by atoms with Gasteiger partial charge in [-0.25, -0.2) is 0 Å². The molecule has 0 heterocycles. The van der Waals surface area contributed by atoms with Crippen LogP contribution in [0.25, 0.3) is 10.8 Å². The van der Waals surface area contributed by atoms with Gasteiger partial charge in [-0.2, -0.15) is 0 Å². The number of hydrogen-bond acceptors (Lipinski definition) is 0. The van der Waals surface area contributed by atoms with Crippen LogP contribution < -0.4 is 0 Å². The highest BCUT2D eigenvalue weighted by atomic mass is 14.3. The molecule has 0 saturated heterocycles.